The summed E-state index contributed by atoms with van der Waals surface area (Å²) in [6.45, 7) is 11.2. The molecule has 75 heavy (non-hydrogen) atoms. The average molecular weight is 1030 g/mol. The maximum Gasteiger partial charge on any atom is 0.358 e. The van der Waals surface area contributed by atoms with Crippen molar-refractivity contribution in [3.05, 3.63) is 125 Å². The van der Waals surface area contributed by atoms with Gasteiger partial charge in [-0.05, 0) is 162 Å². The Hall–Kier alpha value is -7.50. The number of benzene rings is 4. The highest BCUT2D eigenvalue weighted by Crippen LogP contribution is 2.37. The highest BCUT2D eigenvalue weighted by atomic mass is 32.1. The van der Waals surface area contributed by atoms with Crippen LogP contribution in [0, 0.1) is 12.8 Å². The monoisotopic (exact) mass is 1030 g/mol. The normalized spacial score (nSPS) is 17.2. The molecule has 3 aliphatic rings. The quantitative estimate of drug-likeness (QED) is 0.0502. The fraction of sp³-hybridized carbons (Fsp3) is 0.379. The van der Waals surface area contributed by atoms with Crippen LogP contribution >= 0.6 is 11.3 Å². The van der Waals surface area contributed by atoms with Gasteiger partial charge in [0.15, 0.2) is 10.8 Å². The molecule has 2 atom stereocenters. The van der Waals surface area contributed by atoms with E-state index in [9.17, 15) is 24.0 Å². The van der Waals surface area contributed by atoms with Gasteiger partial charge in [-0.1, -0.05) is 47.7 Å². The summed E-state index contributed by atoms with van der Waals surface area (Å²) in [4.78, 5) is 79.4. The number of fused-ring (bicyclic) bond motifs is 3. The van der Waals surface area contributed by atoms with E-state index in [2.05, 4.69) is 41.9 Å². The first-order valence-corrected chi connectivity index (χ1v) is 26.8. The number of pyridine rings is 1. The van der Waals surface area contributed by atoms with Crippen LogP contribution in [0.4, 0.5) is 16.6 Å². The summed E-state index contributed by atoms with van der Waals surface area (Å²) >= 11 is 1.44. The van der Waals surface area contributed by atoms with E-state index in [4.69, 9.17) is 14.5 Å². The first-order chi connectivity index (χ1) is 36.1. The number of hydrogen-bond acceptors (Lipinski definition) is 13. The van der Waals surface area contributed by atoms with Gasteiger partial charge < -0.3 is 19.7 Å². The van der Waals surface area contributed by atoms with Gasteiger partial charge in [0.2, 0.25) is 17.7 Å². The molecule has 4 aromatic carbocycles. The number of piperidine rings is 2. The molecular formula is C58H63N9O7S. The molecule has 6 heterocycles. The highest BCUT2D eigenvalue weighted by molar-refractivity contribution is 7.22. The summed E-state index contributed by atoms with van der Waals surface area (Å²) in [5.41, 5.74) is 7.37. The highest BCUT2D eigenvalue weighted by Gasteiger charge is 2.32. The fourth-order valence-electron chi connectivity index (χ4n) is 10.7. The van der Waals surface area contributed by atoms with Crippen LogP contribution in [-0.2, 0) is 39.1 Å². The zero-order valence-electron chi connectivity index (χ0n) is 43.2. The smallest absolute Gasteiger partial charge is 0.358 e. The van der Waals surface area contributed by atoms with Gasteiger partial charge in [-0.2, -0.15) is 5.10 Å². The SMILES string of the molecule is Cc1c(OCCCC[C@@H]2CCCN(CC(=O)Nc3ccc4c(C5CCC(=O)NC5=O)nn(C)c4c3)C2)cccc1-c1ccc(N2CCc3cccc(C(=O)Nc4nc5ccccc5s4)c3C2)nc1C(=O)OC(C)(C)C. The third-order valence-corrected chi connectivity index (χ3v) is 15.3. The van der Waals surface area contributed by atoms with Gasteiger partial charge in [0, 0.05) is 55.3 Å². The molecule has 3 aliphatic heterocycles. The lowest BCUT2D eigenvalue weighted by atomic mass is 9.92. The van der Waals surface area contributed by atoms with E-state index in [1.165, 1.54) is 11.3 Å². The van der Waals surface area contributed by atoms with Crippen LogP contribution in [0.5, 0.6) is 5.75 Å². The molecular weight excluding hydrogens is 967 g/mol. The van der Waals surface area contributed by atoms with Crippen LogP contribution in [0.3, 0.4) is 0 Å². The molecule has 1 unspecified atom stereocenters. The van der Waals surface area contributed by atoms with Gasteiger partial charge in [-0.3, -0.25) is 39.4 Å². The number of anilines is 3. The summed E-state index contributed by atoms with van der Waals surface area (Å²) < 4.78 is 15.1. The van der Waals surface area contributed by atoms with Crippen LogP contribution in [0.15, 0.2) is 91.0 Å². The van der Waals surface area contributed by atoms with E-state index in [-0.39, 0.29) is 35.7 Å². The number of thiazole rings is 1. The van der Waals surface area contributed by atoms with Crippen LogP contribution < -0.4 is 25.6 Å². The Balaban J connectivity index is 0.745. The van der Waals surface area contributed by atoms with Gasteiger partial charge in [0.05, 0.1) is 40.5 Å². The molecule has 0 radical (unpaired) electrons. The van der Waals surface area contributed by atoms with Gasteiger partial charge in [0.1, 0.15) is 17.2 Å². The maximum atomic E-state index is 14.1. The predicted molar refractivity (Wildman–Crippen MR) is 291 cm³/mol. The van der Waals surface area contributed by atoms with Crippen molar-refractivity contribution in [2.45, 2.75) is 97.1 Å². The van der Waals surface area contributed by atoms with Crippen LogP contribution in [0.25, 0.3) is 32.2 Å². The standard InChI is InChI=1S/C58H63N9O7S/c1-35-39(40-23-25-49(61-53(40)56(72)74-58(2,3)4)67-29-27-37-15-10-17-41(44(37)33-67)54(70)63-57-60-45-18-6-7-20-48(45)75-57)16-11-19-47(35)73-30-9-8-13-36-14-12-28-66(32-36)34-51(69)59-38-21-22-42-46(31-38)65(5)64-52(42)43-24-26-50(68)62-55(43)71/h6-7,10-11,15-23,25,31,36,43H,8-9,12-14,24,26-30,32-34H2,1-5H3,(H,59,69)(H,60,63,70)(H,62,68,71)/t36-,43?/m1/s1. The Bertz CT molecular complexity index is 3310. The second-order valence-corrected chi connectivity index (χ2v) is 22.0. The molecule has 388 valence electrons. The van der Waals surface area contributed by atoms with E-state index >= 15 is 0 Å². The first kappa shape index (κ1) is 51.0. The molecule has 4 amide bonds. The number of carbonyl (C=O) groups is 5. The Morgan fingerprint density at radius 2 is 1.72 bits per heavy atom. The number of unbranched alkanes of at least 4 members (excludes halogenated alkanes) is 1. The number of likely N-dealkylation sites (tertiary alicyclic amines) is 1. The van der Waals surface area contributed by atoms with Gasteiger partial charge in [-0.25, -0.2) is 14.8 Å². The number of nitrogens with zero attached hydrogens (tertiary/aromatic N) is 6. The predicted octanol–water partition coefficient (Wildman–Crippen LogP) is 9.74. The summed E-state index contributed by atoms with van der Waals surface area (Å²) in [6, 6.07) is 29.0. The molecule has 17 heteroatoms. The van der Waals surface area contributed by atoms with E-state index in [1.807, 2.05) is 120 Å². The van der Waals surface area contributed by atoms with E-state index in [0.717, 1.165) is 94.3 Å². The molecule has 0 bridgehead atoms. The lowest BCUT2D eigenvalue weighted by Gasteiger charge is -2.32. The van der Waals surface area contributed by atoms with Crippen molar-refractivity contribution < 1.29 is 33.4 Å². The molecule has 3 N–H and O–H groups in total. The number of ether oxygens (including phenoxy) is 2. The Labute approximate surface area is 440 Å². The van der Waals surface area contributed by atoms with E-state index in [0.29, 0.717) is 78.5 Å². The van der Waals surface area contributed by atoms with Gasteiger partial charge >= 0.3 is 5.97 Å². The van der Waals surface area contributed by atoms with Crippen molar-refractivity contribution in [1.82, 2.24) is 30.0 Å². The number of aryl methyl sites for hydroxylation is 1. The van der Waals surface area contributed by atoms with Crippen LogP contribution in [0.2, 0.25) is 0 Å². The van der Waals surface area contributed by atoms with Crippen LogP contribution in [-0.4, -0.2) is 92.6 Å². The zero-order valence-corrected chi connectivity index (χ0v) is 44.0. The molecule has 0 aliphatic carbocycles. The lowest BCUT2D eigenvalue weighted by Crippen LogP contribution is -2.40. The number of carbonyl (C=O) groups excluding carboxylic acids is 5. The number of nitrogens with one attached hydrogen (secondary N) is 3. The number of aromatic nitrogens is 4. The minimum atomic E-state index is -0.751. The number of para-hydroxylation sites is 1. The van der Waals surface area contributed by atoms with Gasteiger partial charge in [-0.15, -0.1) is 0 Å². The molecule has 16 nitrogen and oxygen atoms in total. The summed E-state index contributed by atoms with van der Waals surface area (Å²) in [5.74, 6) is -0.0683. The lowest BCUT2D eigenvalue weighted by molar-refractivity contribution is -0.134. The molecule has 2 fully saturated rings. The number of hydrogen-bond donors (Lipinski definition) is 3. The average Bonchev–Trinajstić information content (AvgIpc) is 3.96. The molecule has 10 rings (SSSR count). The Kier molecular flexibility index (Phi) is 14.8. The number of imide groups is 1. The van der Waals surface area contributed by atoms with E-state index in [1.54, 1.807) is 4.68 Å². The zero-order chi connectivity index (χ0) is 52.4. The number of rotatable bonds is 15. The first-order valence-electron chi connectivity index (χ1n) is 26.0. The largest absolute Gasteiger partial charge is 0.493 e. The van der Waals surface area contributed by atoms with Crippen molar-refractivity contribution in [2.75, 3.05) is 48.3 Å². The molecule has 0 saturated carbocycles. The Morgan fingerprint density at radius 1 is 0.880 bits per heavy atom. The summed E-state index contributed by atoms with van der Waals surface area (Å²) in [6.07, 6.45) is 6.43. The third kappa shape index (κ3) is 11.6. The maximum absolute atomic E-state index is 14.1. The summed E-state index contributed by atoms with van der Waals surface area (Å²) in [7, 11) is 1.81. The van der Waals surface area contributed by atoms with Crippen LogP contribution in [0.1, 0.15) is 115 Å². The molecule has 3 aromatic heterocycles. The van der Waals surface area contributed by atoms with Crippen molar-refractivity contribution >= 4 is 78.7 Å². The minimum absolute atomic E-state index is 0.0783. The number of esters is 1. The second-order valence-electron chi connectivity index (χ2n) is 20.9. The molecule has 7 aromatic rings. The van der Waals surface area contributed by atoms with E-state index < -0.39 is 17.5 Å². The van der Waals surface area contributed by atoms with Crippen molar-refractivity contribution in [3.63, 3.8) is 0 Å². The van der Waals surface area contributed by atoms with Gasteiger partial charge in [0.25, 0.3) is 5.91 Å². The topological polar surface area (TPSA) is 190 Å². The van der Waals surface area contributed by atoms with Crippen molar-refractivity contribution in [2.24, 2.45) is 13.0 Å². The number of amides is 4. The molecule has 2 saturated heterocycles. The van der Waals surface area contributed by atoms with Crippen molar-refractivity contribution in [1.29, 1.82) is 0 Å². The molecule has 0 spiro atoms. The summed E-state index contributed by atoms with van der Waals surface area (Å²) in [5, 5.41) is 14.5. The third-order valence-electron chi connectivity index (χ3n) is 14.4. The van der Waals surface area contributed by atoms with Crippen molar-refractivity contribution in [3.8, 4) is 16.9 Å². The minimum Gasteiger partial charge on any atom is -0.493 e. The fourth-order valence-corrected chi connectivity index (χ4v) is 11.6. The second kappa shape index (κ2) is 21.8. The Morgan fingerprint density at radius 3 is 2.55 bits per heavy atom.